The van der Waals surface area contributed by atoms with Gasteiger partial charge in [-0.25, -0.2) is 4.79 Å². The fraction of sp³-hybridized carbons (Fsp3) is 0.471. The lowest BCUT2D eigenvalue weighted by Crippen LogP contribution is -2.49. The van der Waals surface area contributed by atoms with Gasteiger partial charge in [-0.3, -0.25) is 0 Å². The van der Waals surface area contributed by atoms with Crippen molar-refractivity contribution in [3.05, 3.63) is 35.6 Å². The quantitative estimate of drug-likeness (QED) is 0.816. The summed E-state index contributed by atoms with van der Waals surface area (Å²) < 4.78 is 5.90. The van der Waals surface area contributed by atoms with Gasteiger partial charge in [0.2, 0.25) is 0 Å². The number of piperidine rings is 1. The number of amides is 2. The van der Waals surface area contributed by atoms with Crippen molar-refractivity contribution in [2.75, 3.05) is 13.1 Å². The molecule has 2 unspecified atom stereocenters. The molecule has 1 aromatic carbocycles. The Bertz CT molecular complexity index is 659. The van der Waals surface area contributed by atoms with Gasteiger partial charge in [-0.15, -0.1) is 0 Å². The zero-order valence-corrected chi connectivity index (χ0v) is 13.1. The number of urea groups is 1. The van der Waals surface area contributed by atoms with Gasteiger partial charge in [0, 0.05) is 23.5 Å². The van der Waals surface area contributed by atoms with E-state index in [1.165, 1.54) is 0 Å². The fourth-order valence-electron chi connectivity index (χ4n) is 3.07. The molecular weight excluding hydrogens is 278 g/mol. The summed E-state index contributed by atoms with van der Waals surface area (Å²) in [4.78, 5) is 12.1. The minimum absolute atomic E-state index is 0.138. The molecule has 2 atom stereocenters. The van der Waals surface area contributed by atoms with E-state index in [0.717, 1.165) is 48.2 Å². The summed E-state index contributed by atoms with van der Waals surface area (Å²) in [6.07, 6.45) is 2.13. The van der Waals surface area contributed by atoms with Crippen LogP contribution in [-0.2, 0) is 0 Å². The van der Waals surface area contributed by atoms with E-state index in [0.29, 0.717) is 0 Å². The fourth-order valence-corrected chi connectivity index (χ4v) is 3.07. The Labute approximate surface area is 130 Å². The number of rotatable bonds is 3. The first kappa shape index (κ1) is 14.9. The third-order valence-electron chi connectivity index (χ3n) is 4.25. The van der Waals surface area contributed by atoms with Gasteiger partial charge in [0.1, 0.15) is 11.3 Å². The standard InChI is InChI=1S/C17H23N3O2/c1-11-14-7-3-4-8-15(14)22-16(11)12(2)19-17(21)20-13-6-5-9-18-10-13/h3-4,7-8,12-13,18H,5-6,9-10H2,1-2H3,(H2,19,20,21). The summed E-state index contributed by atoms with van der Waals surface area (Å²) in [6.45, 7) is 5.85. The number of carbonyl (C=O) groups excluding carboxylic acids is 1. The van der Waals surface area contributed by atoms with Crippen molar-refractivity contribution in [2.45, 2.75) is 38.8 Å². The number of furan rings is 1. The number of nitrogens with one attached hydrogen (secondary N) is 3. The molecule has 0 aliphatic carbocycles. The molecule has 2 amide bonds. The molecule has 0 saturated carbocycles. The van der Waals surface area contributed by atoms with Gasteiger partial charge < -0.3 is 20.4 Å². The number of aryl methyl sites for hydroxylation is 1. The maximum Gasteiger partial charge on any atom is 0.315 e. The van der Waals surface area contributed by atoms with Crippen molar-refractivity contribution < 1.29 is 9.21 Å². The second-order valence-corrected chi connectivity index (χ2v) is 5.97. The lowest BCUT2D eigenvalue weighted by Gasteiger charge is -2.24. The largest absolute Gasteiger partial charge is 0.459 e. The van der Waals surface area contributed by atoms with Gasteiger partial charge in [-0.05, 0) is 39.3 Å². The second-order valence-electron chi connectivity index (χ2n) is 5.97. The van der Waals surface area contributed by atoms with E-state index < -0.39 is 0 Å². The highest BCUT2D eigenvalue weighted by Crippen LogP contribution is 2.29. The molecule has 118 valence electrons. The van der Waals surface area contributed by atoms with Crippen LogP contribution in [0, 0.1) is 6.92 Å². The zero-order chi connectivity index (χ0) is 15.5. The van der Waals surface area contributed by atoms with E-state index in [1.807, 2.05) is 38.1 Å². The zero-order valence-electron chi connectivity index (χ0n) is 13.1. The molecule has 1 aliphatic heterocycles. The van der Waals surface area contributed by atoms with E-state index in [9.17, 15) is 4.79 Å². The van der Waals surface area contributed by atoms with Crippen LogP contribution in [0.5, 0.6) is 0 Å². The van der Waals surface area contributed by atoms with Crippen LogP contribution in [-0.4, -0.2) is 25.2 Å². The van der Waals surface area contributed by atoms with Gasteiger partial charge in [0.25, 0.3) is 0 Å². The van der Waals surface area contributed by atoms with Crippen molar-refractivity contribution in [3.8, 4) is 0 Å². The number of benzene rings is 1. The van der Waals surface area contributed by atoms with Crippen molar-refractivity contribution in [1.82, 2.24) is 16.0 Å². The van der Waals surface area contributed by atoms with Gasteiger partial charge in [-0.2, -0.15) is 0 Å². The third kappa shape index (κ3) is 3.09. The summed E-state index contributed by atoms with van der Waals surface area (Å²) >= 11 is 0. The van der Waals surface area contributed by atoms with Crippen LogP contribution in [0.15, 0.2) is 28.7 Å². The molecule has 1 fully saturated rings. The van der Waals surface area contributed by atoms with Crippen molar-refractivity contribution in [1.29, 1.82) is 0 Å². The number of para-hydroxylation sites is 1. The maximum atomic E-state index is 12.1. The van der Waals surface area contributed by atoms with E-state index in [1.54, 1.807) is 0 Å². The first-order valence-electron chi connectivity index (χ1n) is 7.91. The summed E-state index contributed by atoms with van der Waals surface area (Å²) in [5.41, 5.74) is 1.95. The maximum absolute atomic E-state index is 12.1. The number of fused-ring (bicyclic) bond motifs is 1. The lowest BCUT2D eigenvalue weighted by molar-refractivity contribution is 0.229. The van der Waals surface area contributed by atoms with Crippen LogP contribution < -0.4 is 16.0 Å². The molecule has 1 aliphatic rings. The smallest absolute Gasteiger partial charge is 0.315 e. The number of carbonyl (C=O) groups is 1. The molecule has 5 heteroatoms. The molecule has 0 spiro atoms. The molecular formula is C17H23N3O2. The Morgan fingerprint density at radius 1 is 1.41 bits per heavy atom. The Morgan fingerprint density at radius 2 is 2.23 bits per heavy atom. The molecule has 3 rings (SSSR count). The average molecular weight is 301 g/mol. The van der Waals surface area contributed by atoms with Gasteiger partial charge in [-0.1, -0.05) is 18.2 Å². The highest BCUT2D eigenvalue weighted by molar-refractivity contribution is 5.82. The molecule has 3 N–H and O–H groups in total. The van der Waals surface area contributed by atoms with E-state index in [2.05, 4.69) is 16.0 Å². The molecule has 1 saturated heterocycles. The van der Waals surface area contributed by atoms with E-state index in [4.69, 9.17) is 4.42 Å². The molecule has 2 heterocycles. The van der Waals surface area contributed by atoms with Crippen LogP contribution in [0.2, 0.25) is 0 Å². The predicted molar refractivity (Wildman–Crippen MR) is 86.9 cm³/mol. The highest BCUT2D eigenvalue weighted by Gasteiger charge is 2.20. The van der Waals surface area contributed by atoms with Gasteiger partial charge in [0.15, 0.2) is 0 Å². The Hall–Kier alpha value is -2.01. The molecule has 0 bridgehead atoms. The summed E-state index contributed by atoms with van der Waals surface area (Å²) in [7, 11) is 0. The topological polar surface area (TPSA) is 66.3 Å². The van der Waals surface area contributed by atoms with E-state index >= 15 is 0 Å². The van der Waals surface area contributed by atoms with Crippen molar-refractivity contribution in [2.24, 2.45) is 0 Å². The first-order chi connectivity index (χ1) is 10.6. The van der Waals surface area contributed by atoms with Crippen LogP contribution in [0.4, 0.5) is 4.79 Å². The van der Waals surface area contributed by atoms with Crippen LogP contribution in [0.1, 0.15) is 37.1 Å². The Morgan fingerprint density at radius 3 is 2.95 bits per heavy atom. The molecule has 1 aromatic heterocycles. The minimum Gasteiger partial charge on any atom is -0.459 e. The Balaban J connectivity index is 1.66. The number of hydrogen-bond donors (Lipinski definition) is 3. The normalized spacial score (nSPS) is 19.8. The van der Waals surface area contributed by atoms with Crippen molar-refractivity contribution >= 4 is 17.0 Å². The van der Waals surface area contributed by atoms with Gasteiger partial charge >= 0.3 is 6.03 Å². The molecule has 2 aromatic rings. The monoisotopic (exact) mass is 301 g/mol. The summed E-state index contributed by atoms with van der Waals surface area (Å²) in [5.74, 6) is 0.818. The highest BCUT2D eigenvalue weighted by atomic mass is 16.3. The van der Waals surface area contributed by atoms with Crippen LogP contribution in [0.3, 0.4) is 0 Å². The molecule has 22 heavy (non-hydrogen) atoms. The minimum atomic E-state index is -0.163. The van der Waals surface area contributed by atoms with Crippen LogP contribution in [0.25, 0.3) is 11.0 Å². The number of hydrogen-bond acceptors (Lipinski definition) is 3. The predicted octanol–water partition coefficient (Wildman–Crippen LogP) is 2.85. The second kappa shape index (κ2) is 6.40. The SMILES string of the molecule is Cc1c(C(C)NC(=O)NC2CCCNC2)oc2ccccc12. The summed E-state index contributed by atoms with van der Waals surface area (Å²) in [5, 5.41) is 10.4. The Kier molecular flexibility index (Phi) is 4.34. The lowest BCUT2D eigenvalue weighted by atomic mass is 10.1. The average Bonchev–Trinajstić information content (AvgIpc) is 2.86. The molecule has 5 nitrogen and oxygen atoms in total. The third-order valence-corrected chi connectivity index (χ3v) is 4.25. The van der Waals surface area contributed by atoms with Gasteiger partial charge in [0.05, 0.1) is 6.04 Å². The van der Waals surface area contributed by atoms with E-state index in [-0.39, 0.29) is 18.1 Å². The van der Waals surface area contributed by atoms with Crippen molar-refractivity contribution in [3.63, 3.8) is 0 Å². The first-order valence-corrected chi connectivity index (χ1v) is 7.91. The molecule has 0 radical (unpaired) electrons. The summed E-state index contributed by atoms with van der Waals surface area (Å²) in [6, 6.07) is 7.85. The van der Waals surface area contributed by atoms with Crippen LogP contribution >= 0.6 is 0 Å².